The van der Waals surface area contributed by atoms with E-state index in [4.69, 9.17) is 0 Å². The molecule has 0 aliphatic heterocycles. The third kappa shape index (κ3) is 2.98. The van der Waals surface area contributed by atoms with Crippen LogP contribution in [0.25, 0.3) is 11.1 Å². The van der Waals surface area contributed by atoms with E-state index in [2.05, 4.69) is 87.5 Å². The van der Waals surface area contributed by atoms with Crippen molar-refractivity contribution in [3.8, 4) is 11.1 Å². The normalized spacial score (nSPS) is 11.2. The molecule has 0 spiro atoms. The Labute approximate surface area is 135 Å². The molecule has 3 rings (SSSR count). The molecule has 0 aromatic heterocycles. The van der Waals surface area contributed by atoms with Gasteiger partial charge in [0.25, 0.3) is 0 Å². The molecule has 0 amide bonds. The van der Waals surface area contributed by atoms with Crippen LogP contribution in [0.5, 0.6) is 0 Å². The van der Waals surface area contributed by atoms with Crippen molar-refractivity contribution >= 4 is 19.2 Å². The minimum atomic E-state index is 0.698. The van der Waals surface area contributed by atoms with Gasteiger partial charge in [-0.25, -0.2) is 0 Å². The van der Waals surface area contributed by atoms with E-state index in [1.54, 1.807) is 0 Å². The Kier molecular flexibility index (Phi) is 4.41. The molecule has 1 atom stereocenters. The molecule has 0 nitrogen and oxygen atoms in total. The number of rotatable bonds is 3. The predicted molar refractivity (Wildman–Crippen MR) is 100 cm³/mol. The van der Waals surface area contributed by atoms with Crippen molar-refractivity contribution in [3.05, 3.63) is 83.4 Å². The van der Waals surface area contributed by atoms with E-state index < -0.39 is 0 Å². The minimum Gasteiger partial charge on any atom is -0.0622 e. The Balaban J connectivity index is 2.12. The molecular formula is C21H21P. The van der Waals surface area contributed by atoms with Gasteiger partial charge in [-0.05, 0) is 59.2 Å². The second-order valence-electron chi connectivity index (χ2n) is 5.76. The molecular weight excluding hydrogens is 283 g/mol. The molecule has 110 valence electrons. The van der Waals surface area contributed by atoms with Crippen molar-refractivity contribution in [2.75, 3.05) is 0 Å². The van der Waals surface area contributed by atoms with Crippen LogP contribution >= 0.6 is 8.58 Å². The number of hydrogen-bond acceptors (Lipinski definition) is 0. The predicted octanol–water partition coefficient (Wildman–Crippen LogP) is 4.91. The zero-order chi connectivity index (χ0) is 15.5. The van der Waals surface area contributed by atoms with Gasteiger partial charge >= 0.3 is 0 Å². The largest absolute Gasteiger partial charge is 0.0622 e. The minimum absolute atomic E-state index is 0.698. The van der Waals surface area contributed by atoms with Gasteiger partial charge in [-0.2, -0.15) is 0 Å². The standard InChI is InChI=1S/C21H21P/c1-15-9-7-10-16(2)20(15)22-21-17(3)11-8-14-19(21)18-12-5-4-6-13-18/h4-14,22H,1-3H3. The van der Waals surface area contributed by atoms with Crippen LogP contribution in [0.4, 0.5) is 0 Å². The lowest BCUT2D eigenvalue weighted by Crippen LogP contribution is -2.14. The number of hydrogen-bond donors (Lipinski definition) is 0. The van der Waals surface area contributed by atoms with Crippen LogP contribution < -0.4 is 10.6 Å². The Morgan fingerprint density at radius 3 is 1.73 bits per heavy atom. The quantitative estimate of drug-likeness (QED) is 0.603. The zero-order valence-corrected chi connectivity index (χ0v) is 14.4. The van der Waals surface area contributed by atoms with Crippen LogP contribution in [0, 0.1) is 20.8 Å². The summed E-state index contributed by atoms with van der Waals surface area (Å²) in [4.78, 5) is 0. The molecule has 0 saturated carbocycles. The van der Waals surface area contributed by atoms with Crippen molar-refractivity contribution in [2.24, 2.45) is 0 Å². The highest BCUT2D eigenvalue weighted by Crippen LogP contribution is 2.27. The maximum absolute atomic E-state index is 2.25. The molecule has 0 bridgehead atoms. The van der Waals surface area contributed by atoms with Gasteiger partial charge in [0.05, 0.1) is 0 Å². The highest BCUT2D eigenvalue weighted by molar-refractivity contribution is 7.56. The SMILES string of the molecule is Cc1cccc(C)c1Pc1c(C)cccc1-c1ccccc1. The summed E-state index contributed by atoms with van der Waals surface area (Å²) in [5, 5.41) is 2.94. The molecule has 0 heterocycles. The third-order valence-electron chi connectivity index (χ3n) is 4.09. The lowest BCUT2D eigenvalue weighted by molar-refractivity contribution is 1.43. The fraction of sp³-hybridized carbons (Fsp3) is 0.143. The summed E-state index contributed by atoms with van der Waals surface area (Å²) < 4.78 is 0. The van der Waals surface area contributed by atoms with E-state index >= 15 is 0 Å². The van der Waals surface area contributed by atoms with Gasteiger partial charge in [0.15, 0.2) is 0 Å². The van der Waals surface area contributed by atoms with Gasteiger partial charge in [-0.3, -0.25) is 0 Å². The fourth-order valence-corrected chi connectivity index (χ4v) is 4.28. The van der Waals surface area contributed by atoms with Crippen molar-refractivity contribution in [1.29, 1.82) is 0 Å². The van der Waals surface area contributed by atoms with Gasteiger partial charge in [0.1, 0.15) is 0 Å². The lowest BCUT2D eigenvalue weighted by Gasteiger charge is -2.16. The van der Waals surface area contributed by atoms with Crippen molar-refractivity contribution in [3.63, 3.8) is 0 Å². The highest BCUT2D eigenvalue weighted by atomic mass is 31.1. The highest BCUT2D eigenvalue weighted by Gasteiger charge is 2.11. The Hall–Kier alpha value is -1.91. The van der Waals surface area contributed by atoms with Gasteiger partial charge < -0.3 is 0 Å². The third-order valence-corrected chi connectivity index (χ3v) is 6.04. The van der Waals surface area contributed by atoms with E-state index in [1.165, 1.54) is 38.4 Å². The number of aryl methyl sites for hydroxylation is 3. The molecule has 0 aliphatic rings. The molecule has 1 unspecified atom stereocenters. The van der Waals surface area contributed by atoms with E-state index in [1.807, 2.05) is 0 Å². The fourth-order valence-electron chi connectivity index (χ4n) is 2.83. The van der Waals surface area contributed by atoms with Crippen LogP contribution in [-0.4, -0.2) is 0 Å². The Morgan fingerprint density at radius 2 is 1.09 bits per heavy atom. The van der Waals surface area contributed by atoms with Crippen LogP contribution in [-0.2, 0) is 0 Å². The number of benzene rings is 3. The lowest BCUT2D eigenvalue weighted by atomic mass is 10.0. The van der Waals surface area contributed by atoms with Crippen LogP contribution in [0.3, 0.4) is 0 Å². The van der Waals surface area contributed by atoms with Crippen molar-refractivity contribution in [2.45, 2.75) is 20.8 Å². The van der Waals surface area contributed by atoms with Gasteiger partial charge in [0, 0.05) is 0 Å². The van der Waals surface area contributed by atoms with E-state index in [0.29, 0.717) is 8.58 Å². The zero-order valence-electron chi connectivity index (χ0n) is 13.4. The molecule has 0 N–H and O–H groups in total. The van der Waals surface area contributed by atoms with E-state index in [9.17, 15) is 0 Å². The average molecular weight is 304 g/mol. The summed E-state index contributed by atoms with van der Waals surface area (Å²) in [6.07, 6.45) is 0. The second kappa shape index (κ2) is 6.46. The van der Waals surface area contributed by atoms with Crippen LogP contribution in [0.1, 0.15) is 16.7 Å². The summed E-state index contributed by atoms with van der Waals surface area (Å²) in [6.45, 7) is 6.66. The molecule has 3 aromatic rings. The summed E-state index contributed by atoms with van der Waals surface area (Å²) in [5.74, 6) is 0. The maximum atomic E-state index is 2.25. The summed E-state index contributed by atoms with van der Waals surface area (Å²) in [6, 6.07) is 23.9. The van der Waals surface area contributed by atoms with Gasteiger partial charge in [-0.15, -0.1) is 0 Å². The first-order valence-corrected chi connectivity index (χ1v) is 8.65. The molecule has 1 heteroatoms. The first-order valence-electron chi connectivity index (χ1n) is 7.65. The van der Waals surface area contributed by atoms with Crippen molar-refractivity contribution < 1.29 is 0 Å². The van der Waals surface area contributed by atoms with Crippen LogP contribution in [0.2, 0.25) is 0 Å². The smallest absolute Gasteiger partial charge is 0.0104 e. The second-order valence-corrected chi connectivity index (χ2v) is 7.01. The first-order chi connectivity index (χ1) is 10.7. The maximum Gasteiger partial charge on any atom is -0.0104 e. The average Bonchev–Trinajstić information content (AvgIpc) is 2.53. The van der Waals surface area contributed by atoms with Crippen molar-refractivity contribution in [1.82, 2.24) is 0 Å². The Morgan fingerprint density at radius 1 is 0.545 bits per heavy atom. The van der Waals surface area contributed by atoms with E-state index in [0.717, 1.165) is 0 Å². The molecule has 3 aromatic carbocycles. The summed E-state index contributed by atoms with van der Waals surface area (Å²) in [7, 11) is 0.698. The topological polar surface area (TPSA) is 0 Å². The molecule has 0 aliphatic carbocycles. The molecule has 0 saturated heterocycles. The molecule has 22 heavy (non-hydrogen) atoms. The van der Waals surface area contributed by atoms with E-state index in [-0.39, 0.29) is 0 Å². The van der Waals surface area contributed by atoms with Crippen LogP contribution in [0.15, 0.2) is 66.7 Å². The monoisotopic (exact) mass is 304 g/mol. The Bertz CT molecular complexity index is 768. The molecule has 0 radical (unpaired) electrons. The van der Waals surface area contributed by atoms with Gasteiger partial charge in [-0.1, -0.05) is 75.3 Å². The first kappa shape index (κ1) is 15.0. The summed E-state index contributed by atoms with van der Waals surface area (Å²) in [5.41, 5.74) is 6.82. The van der Waals surface area contributed by atoms with Gasteiger partial charge in [0.2, 0.25) is 0 Å². The molecule has 0 fully saturated rings. The summed E-state index contributed by atoms with van der Waals surface area (Å²) >= 11 is 0.